The van der Waals surface area contributed by atoms with E-state index in [0.717, 1.165) is 17.7 Å². The number of thioether (sulfide) groups is 1. The molecule has 0 bridgehead atoms. The van der Waals surface area contributed by atoms with Crippen LogP contribution in [0.1, 0.15) is 19.8 Å². The SMILES string of the molecule is CCOc1ccc(NCC(=O)NC2CC2)c(S(=O)(=O)c2ccc(SC)cc2)c1. The molecule has 0 unspecified atom stereocenters. The molecule has 0 aliphatic heterocycles. The van der Waals surface area contributed by atoms with Gasteiger partial charge >= 0.3 is 0 Å². The van der Waals surface area contributed by atoms with Gasteiger partial charge in [-0.1, -0.05) is 0 Å². The van der Waals surface area contributed by atoms with Crippen molar-refractivity contribution in [2.45, 2.75) is 40.5 Å². The van der Waals surface area contributed by atoms with Gasteiger partial charge in [-0.3, -0.25) is 4.79 Å². The Morgan fingerprint density at radius 2 is 1.89 bits per heavy atom. The average Bonchev–Trinajstić information content (AvgIpc) is 3.51. The van der Waals surface area contributed by atoms with Gasteiger partial charge in [-0.05, 0) is 62.4 Å². The van der Waals surface area contributed by atoms with Crippen molar-refractivity contribution in [2.24, 2.45) is 0 Å². The van der Waals surface area contributed by atoms with E-state index < -0.39 is 9.84 Å². The minimum absolute atomic E-state index is 0.0123. The van der Waals surface area contributed by atoms with Crippen LogP contribution in [-0.4, -0.2) is 39.8 Å². The van der Waals surface area contributed by atoms with Crippen molar-refractivity contribution >= 4 is 33.2 Å². The maximum atomic E-state index is 13.2. The molecule has 2 aromatic carbocycles. The number of amides is 1. The zero-order valence-corrected chi connectivity index (χ0v) is 17.5. The highest BCUT2D eigenvalue weighted by molar-refractivity contribution is 7.98. The lowest BCUT2D eigenvalue weighted by atomic mass is 10.3. The van der Waals surface area contributed by atoms with E-state index in [1.807, 2.05) is 13.2 Å². The fraction of sp³-hybridized carbons (Fsp3) is 0.350. The van der Waals surface area contributed by atoms with Gasteiger partial charge < -0.3 is 15.4 Å². The normalized spacial score (nSPS) is 13.8. The lowest BCUT2D eigenvalue weighted by molar-refractivity contribution is -0.119. The molecule has 3 rings (SSSR count). The second kappa shape index (κ2) is 8.87. The Balaban J connectivity index is 1.90. The summed E-state index contributed by atoms with van der Waals surface area (Å²) in [7, 11) is -3.78. The summed E-state index contributed by atoms with van der Waals surface area (Å²) < 4.78 is 32.0. The van der Waals surface area contributed by atoms with Gasteiger partial charge in [0.1, 0.15) is 5.75 Å². The lowest BCUT2D eigenvalue weighted by Gasteiger charge is -2.15. The number of hydrogen-bond acceptors (Lipinski definition) is 6. The Morgan fingerprint density at radius 1 is 1.18 bits per heavy atom. The molecule has 0 atom stereocenters. The summed E-state index contributed by atoms with van der Waals surface area (Å²) in [5, 5.41) is 5.84. The first-order chi connectivity index (χ1) is 13.4. The molecule has 2 N–H and O–H groups in total. The summed E-state index contributed by atoms with van der Waals surface area (Å²) in [6.07, 6.45) is 3.94. The van der Waals surface area contributed by atoms with E-state index >= 15 is 0 Å². The van der Waals surface area contributed by atoms with E-state index in [4.69, 9.17) is 4.74 Å². The zero-order chi connectivity index (χ0) is 20.1. The summed E-state index contributed by atoms with van der Waals surface area (Å²) in [5.74, 6) is 0.318. The first-order valence-electron chi connectivity index (χ1n) is 9.13. The van der Waals surface area contributed by atoms with Crippen LogP contribution in [0, 0.1) is 0 Å². The molecule has 8 heteroatoms. The summed E-state index contributed by atoms with van der Waals surface area (Å²) in [6.45, 7) is 2.28. The third-order valence-electron chi connectivity index (χ3n) is 4.31. The summed E-state index contributed by atoms with van der Waals surface area (Å²) in [5.41, 5.74) is 0.378. The summed E-state index contributed by atoms with van der Waals surface area (Å²) in [6, 6.07) is 11.8. The fourth-order valence-electron chi connectivity index (χ4n) is 2.69. The highest BCUT2D eigenvalue weighted by atomic mass is 32.2. The van der Waals surface area contributed by atoms with Gasteiger partial charge in [0.25, 0.3) is 0 Å². The van der Waals surface area contributed by atoms with Crippen LogP contribution >= 0.6 is 11.8 Å². The largest absolute Gasteiger partial charge is 0.494 e. The Kier molecular flexibility index (Phi) is 6.51. The molecular formula is C20H24N2O4S2. The minimum atomic E-state index is -3.78. The summed E-state index contributed by atoms with van der Waals surface area (Å²) in [4.78, 5) is 13.3. The average molecular weight is 421 g/mol. The second-order valence-corrected chi connectivity index (χ2v) is 9.26. The summed E-state index contributed by atoms with van der Waals surface area (Å²) >= 11 is 1.55. The first-order valence-corrected chi connectivity index (χ1v) is 11.8. The van der Waals surface area contributed by atoms with Crippen LogP contribution in [0.5, 0.6) is 5.75 Å². The van der Waals surface area contributed by atoms with Gasteiger partial charge in [0.05, 0.1) is 28.6 Å². The number of carbonyl (C=O) groups is 1. The first kappa shape index (κ1) is 20.5. The Morgan fingerprint density at radius 3 is 2.50 bits per heavy atom. The minimum Gasteiger partial charge on any atom is -0.494 e. The van der Waals surface area contributed by atoms with Crippen LogP contribution < -0.4 is 15.4 Å². The second-order valence-electron chi connectivity index (χ2n) is 6.47. The van der Waals surface area contributed by atoms with Crippen molar-refractivity contribution in [2.75, 3.05) is 24.7 Å². The number of hydrogen-bond donors (Lipinski definition) is 2. The van der Waals surface area contributed by atoms with Crippen molar-refractivity contribution < 1.29 is 17.9 Å². The number of nitrogens with one attached hydrogen (secondary N) is 2. The van der Waals surface area contributed by atoms with Gasteiger partial charge in [-0.25, -0.2) is 8.42 Å². The third-order valence-corrected chi connectivity index (χ3v) is 6.86. The zero-order valence-electron chi connectivity index (χ0n) is 15.9. The Bertz CT molecular complexity index is 939. The highest BCUT2D eigenvalue weighted by Gasteiger charge is 2.25. The number of ether oxygens (including phenoxy) is 1. The highest BCUT2D eigenvalue weighted by Crippen LogP contribution is 2.32. The van der Waals surface area contributed by atoms with Crippen molar-refractivity contribution in [3.8, 4) is 5.75 Å². The molecular weight excluding hydrogens is 396 g/mol. The molecule has 0 radical (unpaired) electrons. The molecule has 1 aliphatic carbocycles. The van der Waals surface area contributed by atoms with Crippen LogP contribution in [0.3, 0.4) is 0 Å². The van der Waals surface area contributed by atoms with Gasteiger partial charge in [-0.2, -0.15) is 0 Å². The predicted octanol–water partition coefficient (Wildman–Crippen LogP) is 3.33. The van der Waals surface area contributed by atoms with Crippen LogP contribution in [-0.2, 0) is 14.6 Å². The molecule has 0 heterocycles. The lowest BCUT2D eigenvalue weighted by Crippen LogP contribution is -2.31. The number of benzene rings is 2. The van der Waals surface area contributed by atoms with Gasteiger partial charge in [-0.15, -0.1) is 11.8 Å². The molecule has 150 valence electrons. The Labute approximate surface area is 170 Å². The number of carbonyl (C=O) groups excluding carboxylic acids is 1. The number of rotatable bonds is 9. The predicted molar refractivity (Wildman–Crippen MR) is 111 cm³/mol. The number of sulfone groups is 1. The van der Waals surface area contributed by atoms with E-state index in [2.05, 4.69) is 10.6 Å². The third kappa shape index (κ3) is 4.99. The molecule has 0 spiro atoms. The standard InChI is InChI=1S/C20H24N2O4S2/c1-3-26-15-6-11-18(21-13-20(23)22-14-4-5-14)19(12-15)28(24,25)17-9-7-16(27-2)8-10-17/h6-12,14,21H,3-5,13H2,1-2H3,(H,22,23). The quantitative estimate of drug-likeness (QED) is 0.606. The van der Waals surface area contributed by atoms with Crippen molar-refractivity contribution in [3.05, 3.63) is 42.5 Å². The number of anilines is 1. The van der Waals surface area contributed by atoms with Crippen molar-refractivity contribution in [3.63, 3.8) is 0 Å². The molecule has 28 heavy (non-hydrogen) atoms. The Hall–Kier alpha value is -2.19. The van der Waals surface area contributed by atoms with E-state index in [1.54, 1.807) is 48.2 Å². The smallest absolute Gasteiger partial charge is 0.239 e. The van der Waals surface area contributed by atoms with Crippen LogP contribution in [0.25, 0.3) is 0 Å². The van der Waals surface area contributed by atoms with Crippen LogP contribution in [0.15, 0.2) is 57.2 Å². The molecule has 1 saturated carbocycles. The van der Waals surface area contributed by atoms with E-state index in [9.17, 15) is 13.2 Å². The van der Waals surface area contributed by atoms with Crippen LogP contribution in [0.4, 0.5) is 5.69 Å². The topological polar surface area (TPSA) is 84.5 Å². The van der Waals surface area contributed by atoms with Gasteiger partial charge in [0, 0.05) is 17.0 Å². The molecule has 1 aliphatic rings. The molecule has 2 aromatic rings. The van der Waals surface area contributed by atoms with E-state index in [-0.39, 0.29) is 28.3 Å². The monoisotopic (exact) mass is 420 g/mol. The van der Waals surface area contributed by atoms with Crippen molar-refractivity contribution in [1.29, 1.82) is 0 Å². The maximum Gasteiger partial charge on any atom is 0.239 e. The molecule has 6 nitrogen and oxygen atoms in total. The molecule has 0 aromatic heterocycles. The van der Waals surface area contributed by atoms with E-state index in [0.29, 0.717) is 18.0 Å². The maximum absolute atomic E-state index is 13.2. The molecule has 1 amide bonds. The van der Waals surface area contributed by atoms with E-state index in [1.165, 1.54) is 6.07 Å². The van der Waals surface area contributed by atoms with Crippen LogP contribution in [0.2, 0.25) is 0 Å². The van der Waals surface area contributed by atoms with Gasteiger partial charge in [0.15, 0.2) is 0 Å². The molecule has 1 fully saturated rings. The van der Waals surface area contributed by atoms with Gasteiger partial charge in [0.2, 0.25) is 15.7 Å². The fourth-order valence-corrected chi connectivity index (χ4v) is 4.55. The molecule has 0 saturated heterocycles. The van der Waals surface area contributed by atoms with Crippen molar-refractivity contribution in [1.82, 2.24) is 5.32 Å².